The number of halogens is 1. The van der Waals surface area contributed by atoms with Crippen molar-refractivity contribution in [2.45, 2.75) is 45.3 Å². The Kier molecular flexibility index (Phi) is 7.43. The number of hydrogen-bond donors (Lipinski definition) is 1. The Morgan fingerprint density at radius 2 is 1.77 bits per heavy atom. The number of benzene rings is 3. The van der Waals surface area contributed by atoms with Crippen LogP contribution in [0.15, 0.2) is 66.7 Å². The first-order valence-electron chi connectivity index (χ1n) is 12.8. The molecule has 0 bridgehead atoms. The average molecular weight is 548 g/mol. The van der Waals surface area contributed by atoms with Crippen molar-refractivity contribution in [2.75, 3.05) is 18.1 Å². The van der Waals surface area contributed by atoms with E-state index < -0.39 is 11.6 Å². The average Bonchev–Trinajstić information content (AvgIpc) is 3.34. The highest BCUT2D eigenvalue weighted by molar-refractivity contribution is 6.31. The van der Waals surface area contributed by atoms with E-state index in [1.807, 2.05) is 45.0 Å². The number of amides is 2. The zero-order chi connectivity index (χ0) is 27.6. The third-order valence-corrected chi connectivity index (χ3v) is 7.17. The van der Waals surface area contributed by atoms with E-state index in [1.54, 1.807) is 42.5 Å². The molecule has 0 unspecified atom stereocenters. The molecule has 1 aliphatic rings. The molecule has 39 heavy (non-hydrogen) atoms. The molecule has 3 aromatic carbocycles. The highest BCUT2D eigenvalue weighted by Crippen LogP contribution is 2.38. The largest absolute Gasteiger partial charge is 0.486 e. The van der Waals surface area contributed by atoms with Gasteiger partial charge in [0.15, 0.2) is 11.5 Å². The van der Waals surface area contributed by atoms with Crippen LogP contribution in [-0.4, -0.2) is 45.6 Å². The van der Waals surface area contributed by atoms with Crippen molar-refractivity contribution in [1.29, 1.82) is 0 Å². The third-order valence-electron chi connectivity index (χ3n) is 6.83. The van der Waals surface area contributed by atoms with Gasteiger partial charge in [-0.15, -0.1) is 5.10 Å². The van der Waals surface area contributed by atoms with Gasteiger partial charge in [0, 0.05) is 27.9 Å². The van der Waals surface area contributed by atoms with Crippen molar-refractivity contribution in [2.24, 2.45) is 0 Å². The van der Waals surface area contributed by atoms with Crippen molar-refractivity contribution in [1.82, 2.24) is 20.3 Å². The van der Waals surface area contributed by atoms with Gasteiger partial charge < -0.3 is 14.8 Å². The number of ether oxygens (including phenoxy) is 2. The van der Waals surface area contributed by atoms with E-state index in [-0.39, 0.29) is 18.4 Å². The summed E-state index contributed by atoms with van der Waals surface area (Å²) in [6.45, 7) is 6.53. The second-order valence-electron chi connectivity index (χ2n) is 9.98. The summed E-state index contributed by atoms with van der Waals surface area (Å²) in [5.41, 5.74) is 1.82. The minimum atomic E-state index is -1.07. The summed E-state index contributed by atoms with van der Waals surface area (Å²) in [6, 6.07) is 18.6. The van der Waals surface area contributed by atoms with E-state index in [0.717, 1.165) is 0 Å². The molecule has 9 nitrogen and oxygen atoms in total. The van der Waals surface area contributed by atoms with Crippen molar-refractivity contribution in [3.05, 3.63) is 77.3 Å². The third kappa shape index (κ3) is 5.54. The van der Waals surface area contributed by atoms with E-state index >= 15 is 0 Å². The first-order chi connectivity index (χ1) is 18.8. The van der Waals surface area contributed by atoms with Gasteiger partial charge in [-0.05, 0) is 50.6 Å². The molecule has 0 aliphatic carbocycles. The van der Waals surface area contributed by atoms with Crippen LogP contribution in [0.2, 0.25) is 5.02 Å². The zero-order valence-electron chi connectivity index (χ0n) is 22.1. The first-order valence-corrected chi connectivity index (χ1v) is 13.2. The lowest BCUT2D eigenvalue weighted by atomic mass is 9.98. The number of rotatable bonds is 8. The van der Waals surface area contributed by atoms with Crippen LogP contribution in [-0.2, 0) is 16.1 Å². The second-order valence-corrected chi connectivity index (χ2v) is 10.4. The molecule has 10 heteroatoms. The van der Waals surface area contributed by atoms with Crippen LogP contribution in [0, 0.1) is 0 Å². The molecule has 5 rings (SSSR count). The van der Waals surface area contributed by atoms with Crippen molar-refractivity contribution in [3.63, 3.8) is 0 Å². The molecule has 0 spiro atoms. The maximum Gasteiger partial charge on any atom is 0.249 e. The molecular weight excluding hydrogens is 518 g/mol. The smallest absolute Gasteiger partial charge is 0.249 e. The van der Waals surface area contributed by atoms with Crippen LogP contribution >= 0.6 is 11.6 Å². The van der Waals surface area contributed by atoms with E-state index in [2.05, 4.69) is 15.6 Å². The van der Waals surface area contributed by atoms with E-state index in [0.29, 0.717) is 58.4 Å². The lowest BCUT2D eigenvalue weighted by Crippen LogP contribution is -2.51. The molecule has 0 radical (unpaired) electrons. The topological polar surface area (TPSA) is 98.6 Å². The fourth-order valence-corrected chi connectivity index (χ4v) is 4.68. The monoisotopic (exact) mass is 547 g/mol. The summed E-state index contributed by atoms with van der Waals surface area (Å²) in [6.07, 6.45) is 0.691. The van der Waals surface area contributed by atoms with Gasteiger partial charge in [0.2, 0.25) is 11.8 Å². The lowest BCUT2D eigenvalue weighted by Gasteiger charge is -2.35. The minimum Gasteiger partial charge on any atom is -0.486 e. The van der Waals surface area contributed by atoms with Crippen molar-refractivity contribution >= 4 is 40.1 Å². The van der Waals surface area contributed by atoms with Gasteiger partial charge in [-0.2, -0.15) is 0 Å². The standard InChI is InChI=1S/C29H30ClN5O4/c1-4-29(2,3)31-28(37)27(20-9-5-6-10-21(20)30)35(19-13-14-24-25(17-19)39-16-15-38-24)26(36)18-34-23-12-8-7-11-22(23)32-33-34/h5-14,17,27H,4,15-16,18H2,1-3H3,(H,31,37)/t27-/m1/s1. The first kappa shape index (κ1) is 26.5. The Morgan fingerprint density at radius 1 is 1.05 bits per heavy atom. The van der Waals surface area contributed by atoms with Crippen molar-refractivity contribution < 1.29 is 19.1 Å². The maximum absolute atomic E-state index is 14.2. The lowest BCUT2D eigenvalue weighted by molar-refractivity contribution is -0.128. The summed E-state index contributed by atoms with van der Waals surface area (Å²) in [4.78, 5) is 29.7. The number of carbonyl (C=O) groups excluding carboxylic acids is 2. The maximum atomic E-state index is 14.2. The van der Waals surface area contributed by atoms with Gasteiger partial charge in [-0.1, -0.05) is 54.1 Å². The predicted molar refractivity (Wildman–Crippen MR) is 149 cm³/mol. The zero-order valence-corrected chi connectivity index (χ0v) is 22.8. The predicted octanol–water partition coefficient (Wildman–Crippen LogP) is 4.94. The highest BCUT2D eigenvalue weighted by atomic mass is 35.5. The molecule has 2 heterocycles. The summed E-state index contributed by atoms with van der Waals surface area (Å²) in [7, 11) is 0. The van der Waals surface area contributed by atoms with E-state index in [4.69, 9.17) is 21.1 Å². The van der Waals surface area contributed by atoms with Crippen LogP contribution in [0.4, 0.5) is 5.69 Å². The van der Waals surface area contributed by atoms with Crippen LogP contribution in [0.25, 0.3) is 11.0 Å². The molecule has 1 N–H and O–H groups in total. The molecule has 202 valence electrons. The summed E-state index contributed by atoms with van der Waals surface area (Å²) in [5.74, 6) is 0.332. The van der Waals surface area contributed by atoms with Crippen LogP contribution in [0.3, 0.4) is 0 Å². The normalized spacial score (nSPS) is 13.6. The molecule has 0 saturated heterocycles. The Bertz CT molecular complexity index is 1520. The molecule has 2 amide bonds. The van der Waals surface area contributed by atoms with Gasteiger partial charge >= 0.3 is 0 Å². The van der Waals surface area contributed by atoms with Crippen molar-refractivity contribution in [3.8, 4) is 11.5 Å². The summed E-state index contributed by atoms with van der Waals surface area (Å²) < 4.78 is 13.0. The number of para-hydroxylation sites is 1. The van der Waals surface area contributed by atoms with Gasteiger partial charge in [0.05, 0.1) is 5.52 Å². The fraction of sp³-hybridized carbons (Fsp3) is 0.310. The molecule has 1 aliphatic heterocycles. The number of hydrogen-bond acceptors (Lipinski definition) is 6. The molecule has 0 saturated carbocycles. The van der Waals surface area contributed by atoms with Gasteiger partial charge in [-0.25, -0.2) is 4.68 Å². The number of nitrogens with one attached hydrogen (secondary N) is 1. The number of anilines is 1. The Hall–Kier alpha value is -4.11. The SMILES string of the molecule is CCC(C)(C)NC(=O)[C@@H](c1ccccc1Cl)N(C(=O)Cn1nnc2ccccc21)c1ccc2c(c1)OCCO2. The number of carbonyl (C=O) groups is 2. The number of nitrogens with zero attached hydrogens (tertiary/aromatic N) is 4. The highest BCUT2D eigenvalue weighted by Gasteiger charge is 2.37. The summed E-state index contributed by atoms with van der Waals surface area (Å²) in [5, 5.41) is 11.8. The van der Waals surface area contributed by atoms with E-state index in [9.17, 15) is 9.59 Å². The van der Waals surface area contributed by atoms with Crippen LogP contribution in [0.1, 0.15) is 38.8 Å². The molecule has 1 aromatic heterocycles. The molecular formula is C29H30ClN5O4. The van der Waals surface area contributed by atoms with Crippen LogP contribution < -0.4 is 19.7 Å². The molecule has 4 aromatic rings. The molecule has 0 fully saturated rings. The Labute approximate surface area is 231 Å². The Balaban J connectivity index is 1.64. The second kappa shape index (κ2) is 10.9. The Morgan fingerprint density at radius 3 is 2.54 bits per heavy atom. The minimum absolute atomic E-state index is 0.152. The van der Waals surface area contributed by atoms with Crippen LogP contribution in [0.5, 0.6) is 11.5 Å². The van der Waals surface area contributed by atoms with Gasteiger partial charge in [0.25, 0.3) is 0 Å². The van der Waals surface area contributed by atoms with Gasteiger partial charge in [0.1, 0.15) is 31.3 Å². The number of fused-ring (bicyclic) bond motifs is 2. The summed E-state index contributed by atoms with van der Waals surface area (Å²) >= 11 is 6.65. The fourth-order valence-electron chi connectivity index (χ4n) is 4.44. The van der Waals surface area contributed by atoms with Gasteiger partial charge in [-0.3, -0.25) is 14.5 Å². The van der Waals surface area contributed by atoms with E-state index in [1.165, 1.54) is 9.58 Å². The quantitative estimate of drug-likeness (QED) is 0.336. The molecule has 1 atom stereocenters. The number of aromatic nitrogens is 3.